The summed E-state index contributed by atoms with van der Waals surface area (Å²) in [6.45, 7) is 6.89. The highest BCUT2D eigenvalue weighted by atomic mass is 16.7. The Hall–Kier alpha value is -2.10. The Morgan fingerprint density at radius 3 is 2.00 bits per heavy atom. The highest BCUT2D eigenvalue weighted by Crippen LogP contribution is 2.20. The first-order valence-electron chi connectivity index (χ1n) is 10.1. The first-order valence-corrected chi connectivity index (χ1v) is 10.1. The van der Waals surface area contributed by atoms with Crippen LogP contribution in [0.15, 0.2) is 29.8 Å². The van der Waals surface area contributed by atoms with Crippen LogP contribution in [0.5, 0.6) is 0 Å². The second-order valence-corrected chi connectivity index (χ2v) is 6.93. The van der Waals surface area contributed by atoms with Gasteiger partial charge in [0, 0.05) is 19.4 Å². The zero-order valence-electron chi connectivity index (χ0n) is 17.3. The largest absolute Gasteiger partial charge is 0.421 e. The van der Waals surface area contributed by atoms with Crippen LogP contribution < -0.4 is 0 Å². The summed E-state index contributed by atoms with van der Waals surface area (Å²) in [6, 6.07) is 8.41. The maximum atomic E-state index is 11.4. The van der Waals surface area contributed by atoms with Gasteiger partial charge in [-0.3, -0.25) is 9.59 Å². The molecule has 4 heteroatoms. The third-order valence-electron chi connectivity index (χ3n) is 4.29. The summed E-state index contributed by atoms with van der Waals surface area (Å²) < 4.78 is 10.4. The van der Waals surface area contributed by atoms with Gasteiger partial charge in [0.15, 0.2) is 0 Å². The quantitative estimate of drug-likeness (QED) is 0.262. The lowest BCUT2D eigenvalue weighted by atomic mass is 10.0. The van der Waals surface area contributed by atoms with Crippen molar-refractivity contribution in [1.29, 1.82) is 0 Å². The Labute approximate surface area is 163 Å². The van der Waals surface area contributed by atoms with Crippen LogP contribution in [0.2, 0.25) is 0 Å². The zero-order chi connectivity index (χ0) is 20.1. The Balaban J connectivity index is 2.81. The summed E-state index contributed by atoms with van der Waals surface area (Å²) in [5, 5.41) is 0. The maximum absolute atomic E-state index is 11.4. The number of carbonyl (C=O) groups is 2. The molecule has 0 saturated carbocycles. The van der Waals surface area contributed by atoms with E-state index in [9.17, 15) is 9.59 Å². The standard InChI is InChI=1S/C23H34O4/c1-5-7-8-9-10-12-20-13-15-21(16-14-20)17-22(11-6-2)23(26-18(3)24)27-19(4)25/h13-17,23H,5-12H2,1-4H3/b22-17+. The molecule has 0 unspecified atom stereocenters. The van der Waals surface area contributed by atoms with Crippen molar-refractivity contribution in [3.05, 3.63) is 41.0 Å². The second-order valence-electron chi connectivity index (χ2n) is 6.93. The Morgan fingerprint density at radius 2 is 1.48 bits per heavy atom. The van der Waals surface area contributed by atoms with E-state index in [2.05, 4.69) is 31.2 Å². The van der Waals surface area contributed by atoms with Crippen molar-refractivity contribution >= 4 is 18.0 Å². The van der Waals surface area contributed by atoms with Gasteiger partial charge in [-0.25, -0.2) is 0 Å². The number of aryl methyl sites for hydroxylation is 1. The number of rotatable bonds is 12. The predicted molar refractivity (Wildman–Crippen MR) is 109 cm³/mol. The van der Waals surface area contributed by atoms with Crippen LogP contribution >= 0.6 is 0 Å². The molecule has 0 saturated heterocycles. The van der Waals surface area contributed by atoms with E-state index < -0.39 is 18.2 Å². The number of unbranched alkanes of at least 4 members (excludes halogenated alkanes) is 4. The smallest absolute Gasteiger partial charge is 0.305 e. The lowest BCUT2D eigenvalue weighted by molar-refractivity contribution is -0.178. The third kappa shape index (κ3) is 9.97. The predicted octanol–water partition coefficient (Wildman–Crippen LogP) is 5.84. The molecule has 0 radical (unpaired) electrons. The zero-order valence-corrected chi connectivity index (χ0v) is 17.3. The van der Waals surface area contributed by atoms with Crippen LogP contribution in [-0.4, -0.2) is 18.2 Å². The fourth-order valence-corrected chi connectivity index (χ4v) is 2.95. The average Bonchev–Trinajstić information content (AvgIpc) is 2.61. The molecule has 0 spiro atoms. The van der Waals surface area contributed by atoms with Gasteiger partial charge in [-0.15, -0.1) is 0 Å². The highest BCUT2D eigenvalue weighted by Gasteiger charge is 2.20. The van der Waals surface area contributed by atoms with Crippen LogP contribution in [-0.2, 0) is 25.5 Å². The number of hydrogen-bond donors (Lipinski definition) is 0. The van der Waals surface area contributed by atoms with E-state index in [4.69, 9.17) is 9.47 Å². The fraction of sp³-hybridized carbons (Fsp3) is 0.565. The van der Waals surface area contributed by atoms with Gasteiger partial charge < -0.3 is 9.47 Å². The molecule has 0 aliphatic carbocycles. The molecule has 0 bridgehead atoms. The van der Waals surface area contributed by atoms with Gasteiger partial charge in [0.25, 0.3) is 6.29 Å². The van der Waals surface area contributed by atoms with Crippen molar-refractivity contribution in [2.24, 2.45) is 0 Å². The summed E-state index contributed by atoms with van der Waals surface area (Å²) in [5.41, 5.74) is 3.13. The number of esters is 2. The molecular weight excluding hydrogens is 340 g/mol. The van der Waals surface area contributed by atoms with E-state index in [0.29, 0.717) is 6.42 Å². The van der Waals surface area contributed by atoms with E-state index in [0.717, 1.165) is 24.0 Å². The molecule has 0 heterocycles. The lowest BCUT2D eigenvalue weighted by Gasteiger charge is -2.19. The summed E-state index contributed by atoms with van der Waals surface area (Å²) in [4.78, 5) is 22.7. The molecule has 0 atom stereocenters. The van der Waals surface area contributed by atoms with Gasteiger partial charge in [0.2, 0.25) is 0 Å². The highest BCUT2D eigenvalue weighted by molar-refractivity contribution is 5.69. The molecule has 0 amide bonds. The average molecular weight is 375 g/mol. The number of hydrogen-bond acceptors (Lipinski definition) is 4. The fourth-order valence-electron chi connectivity index (χ4n) is 2.95. The van der Waals surface area contributed by atoms with Crippen LogP contribution in [0.1, 0.15) is 83.8 Å². The summed E-state index contributed by atoms with van der Waals surface area (Å²) in [5.74, 6) is -0.941. The van der Waals surface area contributed by atoms with Crippen molar-refractivity contribution < 1.29 is 19.1 Å². The molecular formula is C23H34O4. The van der Waals surface area contributed by atoms with Gasteiger partial charge in [0.05, 0.1) is 0 Å². The van der Waals surface area contributed by atoms with Crippen molar-refractivity contribution in [3.8, 4) is 0 Å². The topological polar surface area (TPSA) is 52.6 Å². The number of carbonyl (C=O) groups excluding carboxylic acids is 2. The Bertz CT molecular complexity index is 585. The molecule has 150 valence electrons. The molecule has 1 rings (SSSR count). The molecule has 4 nitrogen and oxygen atoms in total. The SMILES string of the molecule is CCCCCCCc1ccc(/C=C(\CCC)C(OC(C)=O)OC(C)=O)cc1. The number of benzene rings is 1. The minimum absolute atomic E-state index is 0.471. The maximum Gasteiger partial charge on any atom is 0.305 e. The van der Waals surface area contributed by atoms with Crippen molar-refractivity contribution in [2.75, 3.05) is 0 Å². The van der Waals surface area contributed by atoms with E-state index in [-0.39, 0.29) is 0 Å². The Morgan fingerprint density at radius 1 is 0.889 bits per heavy atom. The van der Waals surface area contributed by atoms with E-state index >= 15 is 0 Å². The summed E-state index contributed by atoms with van der Waals surface area (Å²) in [6.07, 6.45) is 10.0. The number of ether oxygens (including phenoxy) is 2. The van der Waals surface area contributed by atoms with Crippen molar-refractivity contribution in [1.82, 2.24) is 0 Å². The minimum Gasteiger partial charge on any atom is -0.421 e. The first kappa shape index (κ1) is 22.9. The van der Waals surface area contributed by atoms with E-state index in [1.165, 1.54) is 51.5 Å². The normalized spacial score (nSPS) is 11.5. The van der Waals surface area contributed by atoms with Gasteiger partial charge in [-0.2, -0.15) is 0 Å². The molecule has 1 aromatic rings. The first-order chi connectivity index (χ1) is 13.0. The van der Waals surface area contributed by atoms with Crippen LogP contribution in [0.25, 0.3) is 6.08 Å². The molecule has 27 heavy (non-hydrogen) atoms. The van der Waals surface area contributed by atoms with Crippen molar-refractivity contribution in [3.63, 3.8) is 0 Å². The van der Waals surface area contributed by atoms with Gasteiger partial charge in [0.1, 0.15) is 0 Å². The van der Waals surface area contributed by atoms with Gasteiger partial charge in [-0.1, -0.05) is 70.2 Å². The molecule has 0 aromatic heterocycles. The third-order valence-corrected chi connectivity index (χ3v) is 4.29. The van der Waals surface area contributed by atoms with E-state index in [1.807, 2.05) is 13.0 Å². The molecule has 0 aliphatic heterocycles. The van der Waals surface area contributed by atoms with Crippen molar-refractivity contribution in [2.45, 2.75) is 85.4 Å². The minimum atomic E-state index is -0.960. The molecule has 0 N–H and O–H groups in total. The van der Waals surface area contributed by atoms with Gasteiger partial charge >= 0.3 is 11.9 Å². The monoisotopic (exact) mass is 374 g/mol. The molecule has 1 aromatic carbocycles. The van der Waals surface area contributed by atoms with Crippen LogP contribution in [0.4, 0.5) is 0 Å². The molecule has 0 aliphatic rings. The molecule has 0 fully saturated rings. The van der Waals surface area contributed by atoms with Crippen LogP contribution in [0.3, 0.4) is 0 Å². The lowest BCUT2D eigenvalue weighted by Crippen LogP contribution is -2.24. The van der Waals surface area contributed by atoms with E-state index in [1.54, 1.807) is 0 Å². The Kier molecular flexibility index (Phi) is 11.2. The van der Waals surface area contributed by atoms with Gasteiger partial charge in [-0.05, 0) is 36.5 Å². The summed E-state index contributed by atoms with van der Waals surface area (Å²) >= 11 is 0. The van der Waals surface area contributed by atoms with Crippen LogP contribution in [0, 0.1) is 0 Å². The summed E-state index contributed by atoms with van der Waals surface area (Å²) in [7, 11) is 0. The second kappa shape index (κ2) is 13.1.